The second-order valence-corrected chi connectivity index (χ2v) is 8.00. The molecule has 5 nitrogen and oxygen atoms in total. The molecule has 1 unspecified atom stereocenters. The molecule has 0 saturated carbocycles. The summed E-state index contributed by atoms with van der Waals surface area (Å²) >= 11 is 1.25. The van der Waals surface area contributed by atoms with Gasteiger partial charge in [-0.2, -0.15) is 0 Å². The van der Waals surface area contributed by atoms with Crippen LogP contribution in [0.1, 0.15) is 32.4 Å². The number of rotatable bonds is 4. The Morgan fingerprint density at radius 1 is 1.00 bits per heavy atom. The normalized spacial score (nSPS) is 16.6. The van der Waals surface area contributed by atoms with Gasteiger partial charge in [-0.3, -0.25) is 14.5 Å². The molecule has 2 aromatic carbocycles. The van der Waals surface area contributed by atoms with E-state index in [0.29, 0.717) is 10.4 Å². The van der Waals surface area contributed by atoms with E-state index in [1.165, 1.54) is 22.3 Å². The van der Waals surface area contributed by atoms with Crippen molar-refractivity contribution < 1.29 is 19.8 Å². The number of phenols is 1. The molecule has 0 spiro atoms. The van der Waals surface area contributed by atoms with Crippen LogP contribution < -0.4 is 4.90 Å². The number of anilines is 1. The van der Waals surface area contributed by atoms with Crippen LogP contribution in [0.15, 0.2) is 71.3 Å². The molecule has 0 radical (unpaired) electrons. The maximum Gasteiger partial charge on any atom is 0.294 e. The third-order valence-corrected chi connectivity index (χ3v) is 5.81. The van der Waals surface area contributed by atoms with E-state index in [1.54, 1.807) is 29.6 Å². The minimum atomic E-state index is -0.843. The molecule has 1 aliphatic rings. The number of aromatic hydroxyl groups is 1. The molecule has 3 aromatic rings. The average molecular weight is 405 g/mol. The highest BCUT2D eigenvalue weighted by Gasteiger charge is 2.45. The maximum atomic E-state index is 13.2. The highest BCUT2D eigenvalue weighted by molar-refractivity contribution is 7.12. The Labute approximate surface area is 172 Å². The summed E-state index contributed by atoms with van der Waals surface area (Å²) in [6, 6.07) is 14.9. The second-order valence-electron chi connectivity index (χ2n) is 7.05. The van der Waals surface area contributed by atoms with Crippen molar-refractivity contribution in [1.82, 2.24) is 0 Å². The summed E-state index contributed by atoms with van der Waals surface area (Å²) in [5.74, 6) is -1.79. The van der Waals surface area contributed by atoms with Gasteiger partial charge in [0.25, 0.3) is 5.91 Å². The van der Waals surface area contributed by atoms with E-state index in [-0.39, 0.29) is 17.0 Å². The third-order valence-electron chi connectivity index (χ3n) is 4.95. The van der Waals surface area contributed by atoms with E-state index in [1.807, 2.05) is 38.1 Å². The molecule has 29 heavy (non-hydrogen) atoms. The highest BCUT2D eigenvalue weighted by Crippen LogP contribution is 2.45. The van der Waals surface area contributed by atoms with Crippen molar-refractivity contribution in [2.24, 2.45) is 0 Å². The van der Waals surface area contributed by atoms with Gasteiger partial charge in [-0.05, 0) is 48.6 Å². The average Bonchev–Trinajstić information content (AvgIpc) is 3.31. The minimum absolute atomic E-state index is 0.0176. The summed E-state index contributed by atoms with van der Waals surface area (Å²) in [5, 5.41) is 22.9. The van der Waals surface area contributed by atoms with Crippen molar-refractivity contribution >= 4 is 28.7 Å². The fraction of sp³-hybridized carbons (Fsp3) is 0.130. The summed E-state index contributed by atoms with van der Waals surface area (Å²) in [6.07, 6.45) is 0. The van der Waals surface area contributed by atoms with Gasteiger partial charge in [0.15, 0.2) is 5.76 Å². The zero-order valence-electron chi connectivity index (χ0n) is 15.9. The van der Waals surface area contributed by atoms with Crippen molar-refractivity contribution in [3.8, 4) is 5.75 Å². The number of carbonyl (C=O) groups excluding carboxylic acids is 2. The fourth-order valence-electron chi connectivity index (χ4n) is 3.61. The van der Waals surface area contributed by atoms with Crippen molar-refractivity contribution in [2.75, 3.05) is 4.90 Å². The number of nitrogens with zero attached hydrogens (tertiary/aromatic N) is 1. The van der Waals surface area contributed by atoms with Crippen LogP contribution in [0.5, 0.6) is 5.75 Å². The molecule has 1 atom stereocenters. The molecule has 0 saturated heterocycles. The maximum absolute atomic E-state index is 13.2. The number of aliphatic hydroxyl groups is 1. The molecule has 146 valence electrons. The van der Waals surface area contributed by atoms with Crippen molar-refractivity contribution in [1.29, 1.82) is 0 Å². The Balaban J connectivity index is 1.94. The summed E-state index contributed by atoms with van der Waals surface area (Å²) in [7, 11) is 0. The number of phenolic OH excluding ortho intramolecular Hbond substituents is 1. The van der Waals surface area contributed by atoms with Gasteiger partial charge >= 0.3 is 0 Å². The van der Waals surface area contributed by atoms with Crippen LogP contribution in [0.4, 0.5) is 5.69 Å². The number of aryl methyl sites for hydroxylation is 2. The monoisotopic (exact) mass is 405 g/mol. The minimum Gasteiger partial charge on any atom is -0.506 e. The SMILES string of the molecule is Cc1cccc(C2C(C(=O)c3cccs3)=C(O)C(=O)N2c2cc(C)ccc2O)c1. The Morgan fingerprint density at radius 3 is 2.45 bits per heavy atom. The number of amides is 1. The number of Topliss-reactive ketones (excluding diaryl/α,β-unsaturated/α-hetero) is 1. The van der Waals surface area contributed by atoms with Crippen LogP contribution in [-0.2, 0) is 4.79 Å². The lowest BCUT2D eigenvalue weighted by atomic mass is 9.94. The fourth-order valence-corrected chi connectivity index (χ4v) is 4.29. The molecule has 2 N–H and O–H groups in total. The van der Waals surface area contributed by atoms with E-state index in [0.717, 1.165) is 11.1 Å². The molecule has 0 aliphatic carbocycles. The quantitative estimate of drug-likeness (QED) is 0.608. The lowest BCUT2D eigenvalue weighted by Crippen LogP contribution is -2.31. The van der Waals surface area contributed by atoms with Gasteiger partial charge in [-0.25, -0.2) is 0 Å². The number of carbonyl (C=O) groups is 2. The molecule has 1 aromatic heterocycles. The van der Waals surface area contributed by atoms with Crippen LogP contribution in [0, 0.1) is 13.8 Å². The standard InChI is InChI=1S/C23H19NO4S/c1-13-5-3-6-15(11-13)20-19(21(26)18-7-4-10-29-18)22(27)23(28)24(20)16-12-14(2)8-9-17(16)25/h3-12,20,25,27H,1-2H3. The molecule has 2 heterocycles. The smallest absolute Gasteiger partial charge is 0.294 e. The zero-order chi connectivity index (χ0) is 20.7. The first-order valence-corrected chi connectivity index (χ1v) is 9.97. The number of thiophene rings is 1. The Morgan fingerprint density at radius 2 is 1.76 bits per heavy atom. The zero-order valence-corrected chi connectivity index (χ0v) is 16.7. The van der Waals surface area contributed by atoms with Crippen molar-refractivity contribution in [3.05, 3.63) is 92.9 Å². The van der Waals surface area contributed by atoms with E-state index >= 15 is 0 Å². The molecule has 1 amide bonds. The Hall–Kier alpha value is -3.38. The van der Waals surface area contributed by atoms with Crippen molar-refractivity contribution in [3.63, 3.8) is 0 Å². The van der Waals surface area contributed by atoms with Gasteiger partial charge in [0.2, 0.25) is 5.78 Å². The van der Waals surface area contributed by atoms with Gasteiger partial charge in [-0.15, -0.1) is 11.3 Å². The first kappa shape index (κ1) is 19.0. The van der Waals surface area contributed by atoms with Crippen LogP contribution in [-0.4, -0.2) is 21.9 Å². The number of benzene rings is 2. The predicted molar refractivity (Wildman–Crippen MR) is 113 cm³/mol. The summed E-state index contributed by atoms with van der Waals surface area (Å²) in [4.78, 5) is 28.0. The first-order valence-electron chi connectivity index (χ1n) is 9.09. The van der Waals surface area contributed by atoms with Gasteiger partial charge in [0.05, 0.1) is 22.2 Å². The molecule has 1 aliphatic heterocycles. The van der Waals surface area contributed by atoms with Crippen LogP contribution >= 0.6 is 11.3 Å². The summed E-state index contributed by atoms with van der Waals surface area (Å²) in [5.41, 5.74) is 2.75. The van der Waals surface area contributed by atoms with E-state index in [2.05, 4.69) is 0 Å². The first-order chi connectivity index (χ1) is 13.9. The molecular weight excluding hydrogens is 386 g/mol. The van der Waals surface area contributed by atoms with E-state index in [9.17, 15) is 19.8 Å². The van der Waals surface area contributed by atoms with Gasteiger partial charge < -0.3 is 10.2 Å². The lowest BCUT2D eigenvalue weighted by molar-refractivity contribution is -0.117. The van der Waals surface area contributed by atoms with Crippen molar-refractivity contribution in [2.45, 2.75) is 19.9 Å². The number of ketones is 1. The number of hydrogen-bond donors (Lipinski definition) is 2. The largest absolute Gasteiger partial charge is 0.506 e. The number of hydrogen-bond acceptors (Lipinski definition) is 5. The van der Waals surface area contributed by atoms with Crippen LogP contribution in [0.2, 0.25) is 0 Å². The lowest BCUT2D eigenvalue weighted by Gasteiger charge is -2.28. The second kappa shape index (κ2) is 7.22. The summed E-state index contributed by atoms with van der Waals surface area (Å²) in [6.45, 7) is 3.76. The van der Waals surface area contributed by atoms with E-state index < -0.39 is 23.5 Å². The van der Waals surface area contributed by atoms with E-state index in [4.69, 9.17) is 0 Å². The van der Waals surface area contributed by atoms with Crippen LogP contribution in [0.25, 0.3) is 0 Å². The Bertz CT molecular complexity index is 1150. The topological polar surface area (TPSA) is 77.8 Å². The van der Waals surface area contributed by atoms with Gasteiger partial charge in [0, 0.05) is 0 Å². The van der Waals surface area contributed by atoms with Crippen LogP contribution in [0.3, 0.4) is 0 Å². The number of aliphatic hydroxyl groups excluding tert-OH is 1. The van der Waals surface area contributed by atoms with Gasteiger partial charge in [0.1, 0.15) is 5.75 Å². The molecule has 0 fully saturated rings. The predicted octanol–water partition coefficient (Wildman–Crippen LogP) is 4.85. The highest BCUT2D eigenvalue weighted by atomic mass is 32.1. The summed E-state index contributed by atoms with van der Waals surface area (Å²) < 4.78 is 0. The molecule has 4 rings (SSSR count). The molecule has 0 bridgehead atoms. The third kappa shape index (κ3) is 3.21. The Kier molecular flexibility index (Phi) is 4.72. The molecule has 6 heteroatoms. The van der Waals surface area contributed by atoms with Gasteiger partial charge in [-0.1, -0.05) is 42.0 Å². The molecular formula is C23H19NO4S.